The molecule has 1 heterocycles. The van der Waals surface area contributed by atoms with E-state index < -0.39 is 35.4 Å². The maximum Gasteiger partial charge on any atom is 0.322 e. The van der Waals surface area contributed by atoms with E-state index in [0.29, 0.717) is 14.5 Å². The molecular formula is C24H23Br2N3O5. The van der Waals surface area contributed by atoms with Crippen LogP contribution in [0.5, 0.6) is 5.88 Å². The lowest BCUT2D eigenvalue weighted by molar-refractivity contribution is -0.135. The van der Waals surface area contributed by atoms with Crippen LogP contribution in [-0.2, 0) is 16.8 Å². The van der Waals surface area contributed by atoms with Crippen molar-refractivity contribution in [3.05, 3.63) is 78.5 Å². The zero-order chi connectivity index (χ0) is 25.2. The molecule has 8 nitrogen and oxygen atoms in total. The number of benzene rings is 2. The molecule has 10 heteroatoms. The van der Waals surface area contributed by atoms with Gasteiger partial charge in [-0.25, -0.2) is 0 Å². The number of carboxylic acid groups (broad SMARTS) is 1. The zero-order valence-electron chi connectivity index (χ0n) is 18.7. The van der Waals surface area contributed by atoms with Gasteiger partial charge < -0.3 is 15.5 Å². The number of aromatic nitrogens is 2. The number of carbonyl (C=O) groups is 2. The lowest BCUT2D eigenvalue weighted by Gasteiger charge is -2.20. The quantitative estimate of drug-likeness (QED) is 0.392. The molecule has 0 unspecified atom stereocenters. The monoisotopic (exact) mass is 591 g/mol. The molecule has 0 saturated heterocycles. The third-order valence-electron chi connectivity index (χ3n) is 5.12. The molecule has 34 heavy (non-hydrogen) atoms. The fourth-order valence-corrected chi connectivity index (χ4v) is 4.68. The lowest BCUT2D eigenvalue weighted by atomic mass is 9.87. The predicted octanol–water partition coefficient (Wildman–Crippen LogP) is 4.30. The zero-order valence-corrected chi connectivity index (χ0v) is 21.9. The molecule has 3 aromatic rings. The number of hydrogen-bond acceptors (Lipinski definition) is 5. The summed E-state index contributed by atoms with van der Waals surface area (Å²) >= 11 is 6.92. The molecule has 0 bridgehead atoms. The number of carboxylic acids is 1. The van der Waals surface area contributed by atoms with Gasteiger partial charge in [0.1, 0.15) is 12.4 Å². The van der Waals surface area contributed by atoms with Gasteiger partial charge in [0.15, 0.2) is 5.56 Å². The van der Waals surface area contributed by atoms with Crippen molar-refractivity contribution in [3.8, 4) is 17.3 Å². The predicted molar refractivity (Wildman–Crippen MR) is 135 cm³/mol. The Hall–Kier alpha value is -2.98. The van der Waals surface area contributed by atoms with Crippen molar-refractivity contribution in [1.29, 1.82) is 0 Å². The van der Waals surface area contributed by atoms with E-state index in [4.69, 9.17) is 5.11 Å². The number of hydrogen-bond donors (Lipinski definition) is 3. The van der Waals surface area contributed by atoms with Gasteiger partial charge in [-0.3, -0.25) is 19.0 Å². The van der Waals surface area contributed by atoms with Gasteiger partial charge in [0.2, 0.25) is 5.88 Å². The Kier molecular flexibility index (Phi) is 7.62. The van der Waals surface area contributed by atoms with E-state index >= 15 is 0 Å². The number of aliphatic carboxylic acids is 1. The van der Waals surface area contributed by atoms with E-state index in [-0.39, 0.29) is 17.8 Å². The van der Waals surface area contributed by atoms with Crippen LogP contribution < -0.4 is 10.9 Å². The maximum absolute atomic E-state index is 13.4. The van der Waals surface area contributed by atoms with Crippen LogP contribution >= 0.6 is 31.9 Å². The van der Waals surface area contributed by atoms with Gasteiger partial charge in [0.25, 0.3) is 11.5 Å². The number of nitrogens with zero attached hydrogens (tertiary/aromatic N) is 2. The smallest absolute Gasteiger partial charge is 0.322 e. The van der Waals surface area contributed by atoms with Gasteiger partial charge in [-0.1, -0.05) is 51.1 Å². The first-order chi connectivity index (χ1) is 15.9. The summed E-state index contributed by atoms with van der Waals surface area (Å²) < 4.78 is 2.52. The van der Waals surface area contributed by atoms with Crippen LogP contribution in [0.2, 0.25) is 0 Å². The molecule has 0 atom stereocenters. The Labute approximate surface area is 212 Å². The molecule has 0 spiro atoms. The Balaban J connectivity index is 2.19. The summed E-state index contributed by atoms with van der Waals surface area (Å²) in [5.74, 6) is -2.96. The van der Waals surface area contributed by atoms with E-state index in [2.05, 4.69) is 62.9 Å². The second-order valence-electron chi connectivity index (χ2n) is 8.65. The number of carbonyl (C=O) groups excluding carboxylic acids is 1. The van der Waals surface area contributed by atoms with Crippen molar-refractivity contribution < 1.29 is 19.8 Å². The topological polar surface area (TPSA) is 122 Å². The first-order valence-corrected chi connectivity index (χ1v) is 11.9. The van der Waals surface area contributed by atoms with Crippen molar-refractivity contribution >= 4 is 43.7 Å². The maximum atomic E-state index is 13.4. The van der Waals surface area contributed by atoms with E-state index in [9.17, 15) is 19.5 Å². The van der Waals surface area contributed by atoms with Crippen LogP contribution in [0, 0.1) is 0 Å². The van der Waals surface area contributed by atoms with Crippen LogP contribution in [0.25, 0.3) is 11.4 Å². The summed E-state index contributed by atoms with van der Waals surface area (Å²) in [6, 6.07) is 13.1. The molecule has 0 aliphatic carbocycles. The van der Waals surface area contributed by atoms with Crippen molar-refractivity contribution in [2.24, 2.45) is 0 Å². The van der Waals surface area contributed by atoms with Crippen LogP contribution in [0.1, 0.15) is 42.3 Å². The molecular weight excluding hydrogens is 570 g/mol. The van der Waals surface area contributed by atoms with E-state index in [1.807, 2.05) is 24.3 Å². The molecule has 3 N–H and O–H groups in total. The third kappa shape index (κ3) is 5.56. The number of halogens is 2. The number of rotatable bonds is 6. The minimum atomic E-state index is -1.28. The minimum absolute atomic E-state index is 0.0458. The normalized spacial score (nSPS) is 11.3. The van der Waals surface area contributed by atoms with Gasteiger partial charge in [-0.15, -0.1) is 0 Å². The van der Waals surface area contributed by atoms with E-state index in [0.717, 1.165) is 11.1 Å². The summed E-state index contributed by atoms with van der Waals surface area (Å²) in [4.78, 5) is 41.0. The van der Waals surface area contributed by atoms with E-state index in [1.165, 1.54) is 4.57 Å². The highest BCUT2D eigenvalue weighted by Crippen LogP contribution is 2.35. The highest BCUT2D eigenvalue weighted by Gasteiger charge is 2.25. The molecule has 2 aromatic carbocycles. The largest absolute Gasteiger partial charge is 0.493 e. The first-order valence-electron chi connectivity index (χ1n) is 10.3. The van der Waals surface area contributed by atoms with Crippen LogP contribution in [-0.4, -0.2) is 38.2 Å². The molecule has 1 amide bonds. The second-order valence-corrected chi connectivity index (χ2v) is 10.4. The highest BCUT2D eigenvalue weighted by atomic mass is 79.9. The van der Waals surface area contributed by atoms with Gasteiger partial charge in [0.05, 0.1) is 6.54 Å². The van der Waals surface area contributed by atoms with Crippen molar-refractivity contribution in [2.45, 2.75) is 32.7 Å². The summed E-state index contributed by atoms with van der Waals surface area (Å²) in [5.41, 5.74) is 0.945. The summed E-state index contributed by atoms with van der Waals surface area (Å²) in [6.45, 7) is 5.66. The highest BCUT2D eigenvalue weighted by molar-refractivity contribution is 9.11. The molecule has 0 aliphatic heterocycles. The molecule has 1 aromatic heterocycles. The second kappa shape index (κ2) is 10.1. The van der Waals surface area contributed by atoms with Gasteiger partial charge in [-0.2, -0.15) is 4.98 Å². The number of amides is 1. The first kappa shape index (κ1) is 25.6. The summed E-state index contributed by atoms with van der Waals surface area (Å²) in [6.07, 6.45) is 0. The molecule has 0 aliphatic rings. The molecule has 178 valence electrons. The molecule has 0 fully saturated rings. The fourth-order valence-electron chi connectivity index (χ4n) is 3.33. The molecule has 0 radical (unpaired) electrons. The van der Waals surface area contributed by atoms with Gasteiger partial charge >= 0.3 is 5.97 Å². The summed E-state index contributed by atoms with van der Waals surface area (Å²) in [5, 5.41) is 21.5. The Morgan fingerprint density at radius 1 is 1.06 bits per heavy atom. The minimum Gasteiger partial charge on any atom is -0.493 e. The SMILES string of the molecule is CC(C)(C)c1ccc(Cn2c(-c3c(Br)cccc3Br)nc(O)c(C(=O)NCC(=O)O)c2=O)cc1. The Morgan fingerprint density at radius 2 is 1.65 bits per heavy atom. The average Bonchev–Trinajstić information content (AvgIpc) is 2.74. The van der Waals surface area contributed by atoms with Crippen molar-refractivity contribution in [1.82, 2.24) is 14.9 Å². The van der Waals surface area contributed by atoms with E-state index in [1.54, 1.807) is 18.2 Å². The number of aromatic hydroxyl groups is 1. The van der Waals surface area contributed by atoms with Crippen LogP contribution in [0.3, 0.4) is 0 Å². The number of nitrogens with one attached hydrogen (secondary N) is 1. The third-order valence-corrected chi connectivity index (χ3v) is 6.45. The van der Waals surface area contributed by atoms with Crippen molar-refractivity contribution in [2.75, 3.05) is 6.54 Å². The van der Waals surface area contributed by atoms with Crippen molar-refractivity contribution in [3.63, 3.8) is 0 Å². The molecule has 3 rings (SSSR count). The lowest BCUT2D eigenvalue weighted by Crippen LogP contribution is -2.37. The molecule has 0 saturated carbocycles. The van der Waals surface area contributed by atoms with Gasteiger partial charge in [0, 0.05) is 14.5 Å². The Morgan fingerprint density at radius 3 is 2.18 bits per heavy atom. The summed E-state index contributed by atoms with van der Waals surface area (Å²) in [7, 11) is 0. The average molecular weight is 593 g/mol. The Bertz CT molecular complexity index is 1290. The fraction of sp³-hybridized carbons (Fsp3) is 0.250. The van der Waals surface area contributed by atoms with Crippen LogP contribution in [0.4, 0.5) is 0 Å². The van der Waals surface area contributed by atoms with Gasteiger partial charge in [-0.05, 0) is 60.5 Å². The van der Waals surface area contributed by atoms with Crippen LogP contribution in [0.15, 0.2) is 56.2 Å². The standard InChI is InChI=1S/C24H23Br2N3O5/c1-24(2,3)14-9-7-13(8-10-14)12-29-20(18-15(25)5-4-6-16(18)26)28-22(33)19(23(29)34)21(32)27-11-17(30)31/h4-10,33H,11-12H2,1-3H3,(H,27,32)(H,30,31).